The van der Waals surface area contributed by atoms with Gasteiger partial charge in [-0.2, -0.15) is 13.2 Å². The van der Waals surface area contributed by atoms with Crippen LogP contribution in [0.25, 0.3) is 22.6 Å². The third-order valence-corrected chi connectivity index (χ3v) is 20.2. The maximum atomic E-state index is 13.1. The van der Waals surface area contributed by atoms with Crippen LogP contribution in [0.4, 0.5) is 13.2 Å². The zero-order valence-corrected chi connectivity index (χ0v) is 54.6. The van der Waals surface area contributed by atoms with E-state index < -0.39 is 11.7 Å². The molecule has 0 bridgehead atoms. The number of nitrogens with zero attached hydrogens (tertiary/aromatic N) is 3. The molecule has 9 aromatic rings. The molecule has 0 atom stereocenters. The average molecular weight is 1370 g/mol. The number of alkyl halides is 3. The molecule has 6 aliphatic heterocycles. The van der Waals surface area contributed by atoms with E-state index >= 15 is 0 Å². The number of fused-ring (bicyclic) bond motifs is 6. The van der Waals surface area contributed by atoms with Gasteiger partial charge in [0, 0.05) is 113 Å². The molecule has 9 heterocycles. The molecular formula is C74H70Cl3F3N6O10. The van der Waals surface area contributed by atoms with Gasteiger partial charge in [-0.15, -0.1) is 0 Å². The Balaban J connectivity index is 0.000000130. The highest BCUT2D eigenvalue weighted by molar-refractivity contribution is 6.36. The van der Waals surface area contributed by atoms with Crippen LogP contribution >= 0.6 is 34.8 Å². The summed E-state index contributed by atoms with van der Waals surface area (Å²) < 4.78 is 79.9. The molecule has 498 valence electrons. The third kappa shape index (κ3) is 13.6. The summed E-state index contributed by atoms with van der Waals surface area (Å²) in [5.41, 5.74) is 24.3. The van der Waals surface area contributed by atoms with E-state index in [0.29, 0.717) is 128 Å². The predicted molar refractivity (Wildman–Crippen MR) is 358 cm³/mol. The third-order valence-electron chi connectivity index (χ3n) is 19.4. The molecule has 3 saturated heterocycles. The number of ether oxygens (including phenoxy) is 4. The van der Waals surface area contributed by atoms with Crippen LogP contribution in [0, 0.1) is 0 Å². The fourth-order valence-electron chi connectivity index (χ4n) is 13.8. The minimum atomic E-state index is -4.45. The minimum Gasteiger partial charge on any atom is -0.492 e. The molecule has 0 radical (unpaired) electrons. The van der Waals surface area contributed by atoms with Crippen LogP contribution in [-0.4, -0.2) is 91.5 Å². The number of carbonyl (C=O) groups excluding carboxylic acids is 3. The van der Waals surface area contributed by atoms with Gasteiger partial charge in [0.1, 0.15) is 46.9 Å². The van der Waals surface area contributed by atoms with Crippen molar-refractivity contribution in [1.29, 1.82) is 0 Å². The molecule has 0 unspecified atom stereocenters. The smallest absolute Gasteiger partial charge is 0.416 e. The van der Waals surface area contributed by atoms with Gasteiger partial charge >= 0.3 is 6.18 Å². The molecule has 3 amide bonds. The van der Waals surface area contributed by atoms with E-state index in [2.05, 4.69) is 18.2 Å². The van der Waals surface area contributed by atoms with E-state index in [1.54, 1.807) is 59.5 Å². The van der Waals surface area contributed by atoms with Gasteiger partial charge in [0.25, 0.3) is 17.7 Å². The Kier molecular flexibility index (Phi) is 18.8. The van der Waals surface area contributed by atoms with Crippen LogP contribution < -0.4 is 36.1 Å². The standard InChI is InChI=1S/C25H25ClN2O4.C25H23F3N2O3.C24H22Cl2N2O3/c26-18-2-1-3-19(13-18)30-15-20-5-7-23(32-20)24(29)28-10-8-25(9-11-28)16-31-22-6-4-17(14-27)12-21(22)25;26-25(27,28)18-3-1-2-17(13-18)20-6-7-22(33-20)23(31)30-10-8-24(9-11-30)15-32-21-5-4-16(14-29)12-19(21)24;25-16-2-3-17(19(26)12-16)20-5-6-22(31-20)23(29)28-9-7-24(8-10-28)14-30-21-4-1-15(13-27)11-18(21)24/h1-7,12-13H,8-11,14-16,27H2;1-7,12-13H,8-11,14-15,29H2;1-6,11-12H,7-10,13-14,27H2. The first-order chi connectivity index (χ1) is 46.3. The summed E-state index contributed by atoms with van der Waals surface area (Å²) in [6.45, 7) is 7.27. The summed E-state index contributed by atoms with van der Waals surface area (Å²) in [5, 5.41) is 1.64. The molecule has 6 aromatic carbocycles. The maximum Gasteiger partial charge on any atom is 0.416 e. The van der Waals surface area contributed by atoms with E-state index in [4.69, 9.17) is 84.2 Å². The van der Waals surface area contributed by atoms with Crippen molar-refractivity contribution in [3.63, 3.8) is 0 Å². The van der Waals surface area contributed by atoms with Crippen molar-refractivity contribution in [2.75, 3.05) is 59.1 Å². The SMILES string of the molecule is NCc1ccc2c(c1)C1(CCN(C(=O)c3ccc(-c4ccc(Cl)cc4Cl)o3)CC1)CO2.NCc1ccc2c(c1)C1(CCN(C(=O)c3ccc(-c4cccc(C(F)(F)F)c4)o3)CC1)CO2.NCc1ccc2c(c1)C1(CCN(C(=O)c3ccc(COc4cccc(Cl)c4)o3)CC1)CO2. The first-order valence-electron chi connectivity index (χ1n) is 31.9. The highest BCUT2D eigenvalue weighted by Crippen LogP contribution is 2.49. The Hall–Kier alpha value is -8.69. The summed E-state index contributed by atoms with van der Waals surface area (Å²) in [6, 6.07) is 45.7. The zero-order chi connectivity index (χ0) is 66.9. The van der Waals surface area contributed by atoms with E-state index in [0.717, 1.165) is 90.2 Å². The molecule has 0 aliphatic carbocycles. The number of carbonyl (C=O) groups is 3. The minimum absolute atomic E-state index is 0.0452. The first kappa shape index (κ1) is 65.9. The van der Waals surface area contributed by atoms with Gasteiger partial charge in [-0.3, -0.25) is 14.4 Å². The van der Waals surface area contributed by atoms with Crippen molar-refractivity contribution in [1.82, 2.24) is 14.7 Å². The molecule has 22 heteroatoms. The summed E-state index contributed by atoms with van der Waals surface area (Å²) in [4.78, 5) is 44.5. The maximum absolute atomic E-state index is 13.1. The van der Waals surface area contributed by atoms with Crippen molar-refractivity contribution < 1.29 is 59.8 Å². The number of hydrogen-bond acceptors (Lipinski definition) is 13. The lowest BCUT2D eigenvalue weighted by Gasteiger charge is -2.38. The van der Waals surface area contributed by atoms with Crippen LogP contribution in [0.3, 0.4) is 0 Å². The number of nitrogens with two attached hydrogens (primary N) is 3. The number of likely N-dealkylation sites (tertiary alicyclic amines) is 3. The Bertz CT molecular complexity index is 4350. The lowest BCUT2D eigenvalue weighted by molar-refractivity contribution is -0.137. The van der Waals surface area contributed by atoms with Gasteiger partial charge in [0.2, 0.25) is 0 Å². The summed E-state index contributed by atoms with van der Waals surface area (Å²) in [7, 11) is 0. The highest BCUT2D eigenvalue weighted by Gasteiger charge is 2.47. The predicted octanol–water partition coefficient (Wildman–Crippen LogP) is 14.8. The molecule has 6 aliphatic rings. The van der Waals surface area contributed by atoms with Gasteiger partial charge in [0.15, 0.2) is 17.3 Å². The lowest BCUT2D eigenvalue weighted by Crippen LogP contribution is -2.46. The second-order valence-corrected chi connectivity index (χ2v) is 26.5. The molecule has 3 fully saturated rings. The Morgan fingerprint density at radius 1 is 0.469 bits per heavy atom. The Labute approximate surface area is 567 Å². The molecule has 96 heavy (non-hydrogen) atoms. The van der Waals surface area contributed by atoms with E-state index in [9.17, 15) is 27.6 Å². The molecule has 3 spiro atoms. The van der Waals surface area contributed by atoms with E-state index in [1.807, 2.05) is 58.3 Å². The van der Waals surface area contributed by atoms with Gasteiger partial charge < -0.3 is 64.1 Å². The molecule has 3 aromatic heterocycles. The number of amides is 3. The number of piperidine rings is 3. The monoisotopic (exact) mass is 1360 g/mol. The molecular weight excluding hydrogens is 1300 g/mol. The number of benzene rings is 6. The zero-order valence-electron chi connectivity index (χ0n) is 52.4. The van der Waals surface area contributed by atoms with Crippen molar-refractivity contribution in [3.05, 3.63) is 235 Å². The quantitative estimate of drug-likeness (QED) is 0.110. The van der Waals surface area contributed by atoms with Gasteiger partial charge in [-0.1, -0.05) is 89.4 Å². The van der Waals surface area contributed by atoms with Crippen LogP contribution in [0.15, 0.2) is 171 Å². The van der Waals surface area contributed by atoms with E-state index in [-0.39, 0.29) is 57.7 Å². The number of furan rings is 3. The number of hydrogen-bond donors (Lipinski definition) is 3. The average Bonchev–Trinajstić information content (AvgIpc) is 1.60. The van der Waals surface area contributed by atoms with Crippen LogP contribution in [0.1, 0.15) is 115 Å². The molecule has 6 N–H and O–H groups in total. The first-order valence-corrected chi connectivity index (χ1v) is 33.0. The van der Waals surface area contributed by atoms with Crippen molar-refractivity contribution in [2.24, 2.45) is 17.2 Å². The second kappa shape index (κ2) is 27.4. The number of rotatable bonds is 11. The Morgan fingerprint density at radius 3 is 1.36 bits per heavy atom. The van der Waals surface area contributed by atoms with Gasteiger partial charge in [0.05, 0.1) is 30.4 Å². The normalized spacial score (nSPS) is 16.9. The molecule has 16 nitrogen and oxygen atoms in total. The van der Waals surface area contributed by atoms with Gasteiger partial charge in [-0.05, 0) is 158 Å². The summed E-state index contributed by atoms with van der Waals surface area (Å²) >= 11 is 18.2. The molecule has 0 saturated carbocycles. The second-order valence-electron chi connectivity index (χ2n) is 25.2. The fraction of sp³-hybridized carbons (Fsp3) is 0.311. The number of halogens is 6. The largest absolute Gasteiger partial charge is 0.492 e. The topological polar surface area (TPSA) is 215 Å². The lowest BCUT2D eigenvalue weighted by atomic mass is 9.74. The van der Waals surface area contributed by atoms with Crippen molar-refractivity contribution in [2.45, 2.75) is 87.2 Å². The summed E-state index contributed by atoms with van der Waals surface area (Å²) in [5.74, 6) is 5.07. The van der Waals surface area contributed by atoms with Crippen LogP contribution in [0.2, 0.25) is 15.1 Å². The van der Waals surface area contributed by atoms with Crippen LogP contribution in [-0.2, 0) is 48.7 Å². The van der Waals surface area contributed by atoms with Crippen molar-refractivity contribution >= 4 is 52.5 Å². The molecule has 15 rings (SSSR count). The van der Waals surface area contributed by atoms with Crippen molar-refractivity contribution in [3.8, 4) is 45.6 Å². The highest BCUT2D eigenvalue weighted by atomic mass is 35.5. The van der Waals surface area contributed by atoms with Gasteiger partial charge in [-0.25, -0.2) is 0 Å². The van der Waals surface area contributed by atoms with E-state index in [1.165, 1.54) is 35.4 Å². The fourth-order valence-corrected chi connectivity index (χ4v) is 14.4. The Morgan fingerprint density at radius 2 is 0.906 bits per heavy atom. The van der Waals surface area contributed by atoms with Crippen LogP contribution in [0.5, 0.6) is 23.0 Å². The summed E-state index contributed by atoms with van der Waals surface area (Å²) in [6.07, 6.45) is 0.448.